The number of hydrogen-bond donors (Lipinski definition) is 0. The van der Waals surface area contributed by atoms with Crippen molar-refractivity contribution in [3.63, 3.8) is 0 Å². The lowest BCUT2D eigenvalue weighted by Crippen LogP contribution is -2.30. The van der Waals surface area contributed by atoms with Gasteiger partial charge in [-0.25, -0.2) is 0 Å². The predicted molar refractivity (Wildman–Crippen MR) is 243 cm³/mol. The summed E-state index contributed by atoms with van der Waals surface area (Å²) in [4.78, 5) is 37.8. The molecule has 0 rings (SSSR count). The van der Waals surface area contributed by atoms with Crippen LogP contribution >= 0.6 is 0 Å². The zero-order valence-electron chi connectivity index (χ0n) is 39.0. The van der Waals surface area contributed by atoms with E-state index in [0.717, 1.165) is 69.6 Å². The molecule has 0 N–H and O–H groups in total. The van der Waals surface area contributed by atoms with Crippen molar-refractivity contribution in [3.05, 3.63) is 0 Å². The maximum atomic E-state index is 12.7. The smallest absolute Gasteiger partial charge is 0.306 e. The van der Waals surface area contributed by atoms with Gasteiger partial charge in [-0.05, 0) is 31.1 Å². The van der Waals surface area contributed by atoms with Crippen molar-refractivity contribution in [2.24, 2.45) is 11.8 Å². The minimum absolute atomic E-state index is 0.0649. The van der Waals surface area contributed by atoms with Crippen molar-refractivity contribution >= 4 is 17.9 Å². The minimum Gasteiger partial charge on any atom is -0.462 e. The Morgan fingerprint density at radius 1 is 0.333 bits per heavy atom. The number of unbranched alkanes of at least 4 members (excludes halogenated alkanes) is 30. The average Bonchev–Trinajstić information content (AvgIpc) is 3.18. The molecule has 6 nitrogen and oxygen atoms in total. The minimum atomic E-state index is -0.761. The van der Waals surface area contributed by atoms with Gasteiger partial charge in [-0.3, -0.25) is 14.4 Å². The maximum Gasteiger partial charge on any atom is 0.306 e. The Kier molecular flexibility index (Phi) is 42.7. The zero-order chi connectivity index (χ0) is 41.9. The molecule has 0 aliphatic carbocycles. The number of hydrogen-bond acceptors (Lipinski definition) is 6. The molecule has 0 aromatic heterocycles. The Hall–Kier alpha value is -1.59. The number of ether oxygens (including phenoxy) is 3. The van der Waals surface area contributed by atoms with Crippen LogP contribution in [0.4, 0.5) is 0 Å². The third kappa shape index (κ3) is 45.3. The predicted octanol–water partition coefficient (Wildman–Crippen LogP) is 16.1. The fourth-order valence-electron chi connectivity index (χ4n) is 7.64. The van der Waals surface area contributed by atoms with Gasteiger partial charge in [0.2, 0.25) is 0 Å². The lowest BCUT2D eigenvalue weighted by atomic mass is 10.0. The van der Waals surface area contributed by atoms with Crippen LogP contribution in [0.5, 0.6) is 0 Å². The summed E-state index contributed by atoms with van der Waals surface area (Å²) in [7, 11) is 0. The standard InChI is InChI=1S/C51H98O6/c1-6-7-8-9-10-11-12-19-22-25-31-36-41-49(52)55-44-48(57-51(54)43-38-33-28-27-30-35-40-47(4)5)45-56-50(53)42-37-32-26-23-20-17-15-13-14-16-18-21-24-29-34-39-46(2)3/h46-48H,6-45H2,1-5H3/t48-/m0/s1. The molecule has 0 aliphatic heterocycles. The highest BCUT2D eigenvalue weighted by molar-refractivity contribution is 5.71. The summed E-state index contributed by atoms with van der Waals surface area (Å²) in [6.45, 7) is 11.3. The van der Waals surface area contributed by atoms with Gasteiger partial charge in [0.1, 0.15) is 13.2 Å². The first-order valence-electron chi connectivity index (χ1n) is 25.2. The van der Waals surface area contributed by atoms with Crippen LogP contribution in [0.3, 0.4) is 0 Å². The monoisotopic (exact) mass is 807 g/mol. The molecule has 1 atom stereocenters. The van der Waals surface area contributed by atoms with E-state index in [4.69, 9.17) is 14.2 Å². The number of rotatable bonds is 45. The molecule has 0 bridgehead atoms. The molecule has 0 aromatic carbocycles. The SMILES string of the molecule is CCCCCCCCCCCCCCC(=O)OC[C@@H](COC(=O)CCCCCCCCCCCCCCCCCC(C)C)OC(=O)CCCCCCCCC(C)C. The average molecular weight is 807 g/mol. The Morgan fingerprint density at radius 3 is 0.860 bits per heavy atom. The van der Waals surface area contributed by atoms with Gasteiger partial charge in [0, 0.05) is 19.3 Å². The van der Waals surface area contributed by atoms with Crippen molar-refractivity contribution in [2.45, 2.75) is 285 Å². The van der Waals surface area contributed by atoms with Gasteiger partial charge < -0.3 is 14.2 Å². The molecule has 0 saturated heterocycles. The molecule has 0 amide bonds. The molecular weight excluding hydrogens is 709 g/mol. The number of esters is 3. The van der Waals surface area contributed by atoms with E-state index in [-0.39, 0.29) is 31.1 Å². The number of carbonyl (C=O) groups excluding carboxylic acids is 3. The molecule has 0 unspecified atom stereocenters. The molecule has 0 heterocycles. The fraction of sp³-hybridized carbons (Fsp3) is 0.941. The second-order valence-electron chi connectivity index (χ2n) is 18.4. The van der Waals surface area contributed by atoms with Gasteiger partial charge in [0.25, 0.3) is 0 Å². The van der Waals surface area contributed by atoms with Gasteiger partial charge in [-0.15, -0.1) is 0 Å². The van der Waals surface area contributed by atoms with E-state index in [2.05, 4.69) is 34.6 Å². The highest BCUT2D eigenvalue weighted by atomic mass is 16.6. The van der Waals surface area contributed by atoms with Crippen LogP contribution in [-0.4, -0.2) is 37.2 Å². The van der Waals surface area contributed by atoms with Crippen molar-refractivity contribution in [2.75, 3.05) is 13.2 Å². The number of carbonyl (C=O) groups is 3. The van der Waals surface area contributed by atoms with E-state index in [1.165, 1.54) is 167 Å². The molecular formula is C51H98O6. The van der Waals surface area contributed by atoms with Gasteiger partial charge >= 0.3 is 17.9 Å². The zero-order valence-corrected chi connectivity index (χ0v) is 39.0. The van der Waals surface area contributed by atoms with E-state index in [0.29, 0.717) is 19.3 Å². The summed E-state index contributed by atoms with van der Waals surface area (Å²) in [6, 6.07) is 0. The van der Waals surface area contributed by atoms with Crippen LogP contribution < -0.4 is 0 Å². The fourth-order valence-corrected chi connectivity index (χ4v) is 7.64. The van der Waals surface area contributed by atoms with Crippen molar-refractivity contribution < 1.29 is 28.6 Å². The molecule has 338 valence electrons. The highest BCUT2D eigenvalue weighted by Crippen LogP contribution is 2.17. The van der Waals surface area contributed by atoms with Gasteiger partial charge in [0.05, 0.1) is 0 Å². The van der Waals surface area contributed by atoms with Gasteiger partial charge in [-0.1, -0.05) is 240 Å². The third-order valence-corrected chi connectivity index (χ3v) is 11.5. The van der Waals surface area contributed by atoms with Crippen LogP contribution in [0.25, 0.3) is 0 Å². The molecule has 0 aliphatic rings. The van der Waals surface area contributed by atoms with Gasteiger partial charge in [-0.2, -0.15) is 0 Å². The van der Waals surface area contributed by atoms with Crippen molar-refractivity contribution in [1.82, 2.24) is 0 Å². The molecule has 0 spiro atoms. The molecule has 6 heteroatoms. The maximum absolute atomic E-state index is 12.7. The van der Waals surface area contributed by atoms with Crippen LogP contribution in [0, 0.1) is 11.8 Å². The molecule has 0 aromatic rings. The summed E-state index contributed by atoms with van der Waals surface area (Å²) in [5.74, 6) is 0.753. The highest BCUT2D eigenvalue weighted by Gasteiger charge is 2.19. The lowest BCUT2D eigenvalue weighted by Gasteiger charge is -2.18. The molecule has 57 heavy (non-hydrogen) atoms. The van der Waals surface area contributed by atoms with E-state index in [1.54, 1.807) is 0 Å². The van der Waals surface area contributed by atoms with Crippen LogP contribution in [0.2, 0.25) is 0 Å². The summed E-state index contributed by atoms with van der Waals surface area (Å²) < 4.78 is 16.8. The second kappa shape index (κ2) is 44.0. The molecule has 0 saturated carbocycles. The van der Waals surface area contributed by atoms with E-state index >= 15 is 0 Å². The Morgan fingerprint density at radius 2 is 0.579 bits per heavy atom. The van der Waals surface area contributed by atoms with E-state index in [1.807, 2.05) is 0 Å². The normalized spacial score (nSPS) is 12.1. The molecule has 0 fully saturated rings. The van der Waals surface area contributed by atoms with Crippen molar-refractivity contribution in [3.8, 4) is 0 Å². The van der Waals surface area contributed by atoms with E-state index in [9.17, 15) is 14.4 Å². The Labute approximate surface area is 355 Å². The first-order chi connectivity index (χ1) is 27.7. The van der Waals surface area contributed by atoms with Gasteiger partial charge in [0.15, 0.2) is 6.10 Å². The first-order valence-corrected chi connectivity index (χ1v) is 25.2. The second-order valence-corrected chi connectivity index (χ2v) is 18.4. The summed E-state index contributed by atoms with van der Waals surface area (Å²) in [5.41, 5.74) is 0. The van der Waals surface area contributed by atoms with E-state index < -0.39 is 6.10 Å². The van der Waals surface area contributed by atoms with Crippen LogP contribution in [0.1, 0.15) is 279 Å². The third-order valence-electron chi connectivity index (χ3n) is 11.5. The molecule has 0 radical (unpaired) electrons. The van der Waals surface area contributed by atoms with Crippen LogP contribution in [-0.2, 0) is 28.6 Å². The van der Waals surface area contributed by atoms with Crippen LogP contribution in [0.15, 0.2) is 0 Å². The Balaban J connectivity index is 4.22. The lowest BCUT2D eigenvalue weighted by molar-refractivity contribution is -0.167. The summed E-state index contributed by atoms with van der Waals surface area (Å²) >= 11 is 0. The largest absolute Gasteiger partial charge is 0.462 e. The quantitative estimate of drug-likeness (QED) is 0.0346. The summed E-state index contributed by atoms with van der Waals surface area (Å²) in [5, 5.41) is 0. The summed E-state index contributed by atoms with van der Waals surface area (Å²) in [6.07, 6.45) is 43.9. The van der Waals surface area contributed by atoms with Crippen molar-refractivity contribution in [1.29, 1.82) is 0 Å². The topological polar surface area (TPSA) is 78.9 Å². The Bertz CT molecular complexity index is 870. The first kappa shape index (κ1) is 55.4.